The number of hydrogen-bond acceptors (Lipinski definition) is 5. The maximum absolute atomic E-state index is 12.8. The van der Waals surface area contributed by atoms with Gasteiger partial charge in [-0.2, -0.15) is 0 Å². The quantitative estimate of drug-likeness (QED) is 0.749. The molecule has 0 saturated carbocycles. The molecule has 3 heterocycles. The van der Waals surface area contributed by atoms with Gasteiger partial charge in [-0.25, -0.2) is 4.79 Å². The number of fused-ring (bicyclic) bond motifs is 1. The smallest absolute Gasteiger partial charge is 0.408 e. The van der Waals surface area contributed by atoms with Gasteiger partial charge in [-0.05, 0) is 56.8 Å². The van der Waals surface area contributed by atoms with E-state index in [-0.39, 0.29) is 34.0 Å². The molecule has 2 amide bonds. The van der Waals surface area contributed by atoms with Crippen LogP contribution >= 0.6 is 11.6 Å². The first-order valence-electron chi connectivity index (χ1n) is 10.6. The molecule has 0 bridgehead atoms. The van der Waals surface area contributed by atoms with Crippen LogP contribution < -0.4 is 11.5 Å². The van der Waals surface area contributed by atoms with E-state index in [9.17, 15) is 14.4 Å². The summed E-state index contributed by atoms with van der Waals surface area (Å²) in [5.41, 5.74) is 6.42. The van der Waals surface area contributed by atoms with E-state index in [1.165, 1.54) is 32.4 Å². The first-order chi connectivity index (χ1) is 14.4. The highest BCUT2D eigenvalue weighted by Gasteiger charge is 2.28. The molecule has 162 valence electrons. The highest BCUT2D eigenvalue weighted by molar-refractivity contribution is 6.36. The Kier molecular flexibility index (Phi) is 6.15. The molecular weight excluding hydrogens is 408 g/mol. The lowest BCUT2D eigenvalue weighted by Crippen LogP contribution is -2.48. The summed E-state index contributed by atoms with van der Waals surface area (Å²) in [6, 6.07) is 2.18. The van der Waals surface area contributed by atoms with Crippen molar-refractivity contribution in [2.45, 2.75) is 51.0 Å². The minimum atomic E-state index is -0.755. The van der Waals surface area contributed by atoms with E-state index < -0.39 is 11.7 Å². The second-order valence-corrected chi connectivity index (χ2v) is 8.56. The van der Waals surface area contributed by atoms with Crippen LogP contribution in [0, 0.1) is 0 Å². The van der Waals surface area contributed by atoms with E-state index >= 15 is 0 Å². The van der Waals surface area contributed by atoms with Gasteiger partial charge in [0.05, 0.1) is 10.6 Å². The molecule has 0 unspecified atom stereocenters. The van der Waals surface area contributed by atoms with Crippen molar-refractivity contribution in [3.63, 3.8) is 0 Å². The predicted octanol–water partition coefficient (Wildman–Crippen LogP) is 2.28. The molecule has 1 aromatic carbocycles. The molecule has 2 aliphatic heterocycles. The third-order valence-corrected chi connectivity index (χ3v) is 6.74. The van der Waals surface area contributed by atoms with Crippen molar-refractivity contribution in [2.24, 2.45) is 5.73 Å². The van der Waals surface area contributed by atoms with Gasteiger partial charge in [-0.3, -0.25) is 14.6 Å². The molecule has 2 saturated heterocycles. The molecule has 8 nitrogen and oxygen atoms in total. The summed E-state index contributed by atoms with van der Waals surface area (Å²) < 4.78 is 5.07. The average molecular weight is 435 g/mol. The number of oxazole rings is 1. The van der Waals surface area contributed by atoms with Gasteiger partial charge in [0.15, 0.2) is 5.58 Å². The van der Waals surface area contributed by atoms with E-state index in [0.29, 0.717) is 18.0 Å². The van der Waals surface area contributed by atoms with Crippen molar-refractivity contribution in [3.05, 3.63) is 32.8 Å². The number of primary amides is 1. The number of nitrogens with zero attached hydrogens (tertiary/aromatic N) is 2. The number of aromatic nitrogens is 1. The second kappa shape index (κ2) is 8.81. The van der Waals surface area contributed by atoms with E-state index in [0.717, 1.165) is 25.9 Å². The molecule has 9 heteroatoms. The number of amides is 2. The molecular formula is C21H27ClN4O4. The minimum Gasteiger partial charge on any atom is -0.408 e. The predicted molar refractivity (Wildman–Crippen MR) is 114 cm³/mol. The van der Waals surface area contributed by atoms with Crippen LogP contribution in [-0.2, 0) is 11.2 Å². The Morgan fingerprint density at radius 3 is 2.53 bits per heavy atom. The lowest BCUT2D eigenvalue weighted by molar-refractivity contribution is -0.132. The first kappa shape index (κ1) is 20.9. The molecule has 4 rings (SSSR count). The van der Waals surface area contributed by atoms with Gasteiger partial charge in [-0.15, -0.1) is 0 Å². The number of nitrogens with one attached hydrogen (secondary N) is 1. The average Bonchev–Trinajstić information content (AvgIpc) is 3.11. The van der Waals surface area contributed by atoms with Crippen molar-refractivity contribution < 1.29 is 14.0 Å². The van der Waals surface area contributed by atoms with Gasteiger partial charge in [0.1, 0.15) is 5.52 Å². The summed E-state index contributed by atoms with van der Waals surface area (Å²) >= 11 is 6.37. The van der Waals surface area contributed by atoms with Crippen molar-refractivity contribution >= 4 is 34.5 Å². The minimum absolute atomic E-state index is 0.0183. The lowest BCUT2D eigenvalue weighted by atomic mass is 9.99. The number of likely N-dealkylation sites (tertiary alicyclic amines) is 2. The number of halogens is 1. The molecule has 1 aromatic heterocycles. The van der Waals surface area contributed by atoms with Crippen LogP contribution in [-0.4, -0.2) is 58.8 Å². The monoisotopic (exact) mass is 434 g/mol. The zero-order valence-corrected chi connectivity index (χ0v) is 17.7. The molecule has 0 spiro atoms. The standard InChI is InChI=1S/C21H27ClN4O4/c22-18-13(12-15-19(17(18)20(23)28)24-21(29)30-15)4-5-16(27)26-10-6-14(7-11-26)25-8-2-1-3-9-25/h12,14H,1-11H2,(H2,23,28)(H,24,29). The largest absolute Gasteiger partial charge is 0.417 e. The fourth-order valence-electron chi connectivity index (χ4n) is 4.70. The summed E-state index contributed by atoms with van der Waals surface area (Å²) in [6.07, 6.45) is 6.52. The topological polar surface area (TPSA) is 113 Å². The Balaban J connectivity index is 1.39. The molecule has 2 fully saturated rings. The first-order valence-corrected chi connectivity index (χ1v) is 11.0. The van der Waals surface area contributed by atoms with Gasteiger partial charge in [0.2, 0.25) is 5.91 Å². The molecule has 0 atom stereocenters. The van der Waals surface area contributed by atoms with Gasteiger partial charge in [0.25, 0.3) is 5.91 Å². The van der Waals surface area contributed by atoms with Crippen molar-refractivity contribution in [1.82, 2.24) is 14.8 Å². The van der Waals surface area contributed by atoms with E-state index in [2.05, 4.69) is 9.88 Å². The number of rotatable bonds is 5. The summed E-state index contributed by atoms with van der Waals surface area (Å²) in [4.78, 5) is 43.0. The Morgan fingerprint density at radius 1 is 1.17 bits per heavy atom. The fraction of sp³-hybridized carbons (Fsp3) is 0.571. The van der Waals surface area contributed by atoms with E-state index in [1.54, 1.807) is 6.07 Å². The highest BCUT2D eigenvalue weighted by atomic mass is 35.5. The van der Waals surface area contributed by atoms with Gasteiger partial charge in [-0.1, -0.05) is 18.0 Å². The Labute approximate surface area is 179 Å². The molecule has 2 aliphatic rings. The molecule has 3 N–H and O–H groups in total. The number of aryl methyl sites for hydroxylation is 1. The SMILES string of the molecule is NC(=O)c1c(Cl)c(CCC(=O)N2CCC(N3CCCCC3)CC2)cc2oc(=O)[nH]c12. The van der Waals surface area contributed by atoms with Gasteiger partial charge < -0.3 is 20.0 Å². The Morgan fingerprint density at radius 2 is 1.87 bits per heavy atom. The molecule has 30 heavy (non-hydrogen) atoms. The van der Waals surface area contributed by atoms with E-state index in [1.807, 2.05) is 4.90 Å². The molecule has 2 aromatic rings. The number of hydrogen-bond donors (Lipinski definition) is 2. The zero-order chi connectivity index (χ0) is 21.3. The van der Waals surface area contributed by atoms with Gasteiger partial charge >= 0.3 is 5.76 Å². The Bertz CT molecular complexity index is 1000. The number of carbonyl (C=O) groups excluding carboxylic acids is 2. The summed E-state index contributed by atoms with van der Waals surface area (Å²) in [5, 5.41) is 0.156. The second-order valence-electron chi connectivity index (χ2n) is 8.19. The number of carbonyl (C=O) groups is 2. The normalized spacial score (nSPS) is 18.8. The van der Waals surface area contributed by atoms with Crippen LogP contribution in [0.2, 0.25) is 5.02 Å². The third kappa shape index (κ3) is 4.25. The summed E-state index contributed by atoms with van der Waals surface area (Å²) in [5.74, 6) is -1.37. The maximum Gasteiger partial charge on any atom is 0.417 e. The number of piperidine rings is 2. The van der Waals surface area contributed by atoms with Crippen molar-refractivity contribution in [2.75, 3.05) is 26.2 Å². The number of benzene rings is 1. The molecule has 0 radical (unpaired) electrons. The fourth-order valence-corrected chi connectivity index (χ4v) is 5.03. The Hall–Kier alpha value is -2.32. The zero-order valence-electron chi connectivity index (χ0n) is 16.9. The maximum atomic E-state index is 12.8. The van der Waals surface area contributed by atoms with Crippen molar-refractivity contribution in [1.29, 1.82) is 0 Å². The van der Waals surface area contributed by atoms with Crippen LogP contribution in [0.1, 0.15) is 54.4 Å². The highest BCUT2D eigenvalue weighted by Crippen LogP contribution is 2.29. The van der Waals surface area contributed by atoms with Crippen LogP contribution in [0.15, 0.2) is 15.3 Å². The van der Waals surface area contributed by atoms with Crippen LogP contribution in [0.4, 0.5) is 0 Å². The number of H-pyrrole nitrogens is 1. The summed E-state index contributed by atoms with van der Waals surface area (Å²) in [6.45, 7) is 3.89. The van der Waals surface area contributed by atoms with Crippen LogP contribution in [0.3, 0.4) is 0 Å². The third-order valence-electron chi connectivity index (χ3n) is 6.31. The number of nitrogens with two attached hydrogens (primary N) is 1. The van der Waals surface area contributed by atoms with Crippen LogP contribution in [0.25, 0.3) is 11.1 Å². The lowest BCUT2D eigenvalue weighted by Gasteiger charge is -2.40. The van der Waals surface area contributed by atoms with E-state index in [4.69, 9.17) is 21.8 Å². The van der Waals surface area contributed by atoms with Crippen molar-refractivity contribution in [3.8, 4) is 0 Å². The number of aromatic amines is 1. The molecule has 0 aliphatic carbocycles. The van der Waals surface area contributed by atoms with Gasteiger partial charge in [0, 0.05) is 25.6 Å². The van der Waals surface area contributed by atoms with Crippen LogP contribution in [0.5, 0.6) is 0 Å². The summed E-state index contributed by atoms with van der Waals surface area (Å²) in [7, 11) is 0.